The number of hydrogen-bond donors (Lipinski definition) is 0. The van der Waals surface area contributed by atoms with Gasteiger partial charge in [-0.3, -0.25) is 4.98 Å². The fourth-order valence-electron chi connectivity index (χ4n) is 3.79. The van der Waals surface area contributed by atoms with E-state index in [0.717, 1.165) is 58.5 Å². The third-order valence-corrected chi connectivity index (χ3v) is 6.96. The Balaban J connectivity index is 1.50. The number of aromatic nitrogens is 5. The lowest BCUT2D eigenvalue weighted by Crippen LogP contribution is -2.58. The van der Waals surface area contributed by atoms with E-state index in [2.05, 4.69) is 45.8 Å². The second-order valence-corrected chi connectivity index (χ2v) is 9.21. The molecule has 0 N–H and O–H groups in total. The van der Waals surface area contributed by atoms with Crippen LogP contribution in [0, 0.1) is 0 Å². The van der Waals surface area contributed by atoms with Crippen molar-refractivity contribution in [1.29, 1.82) is 0 Å². The summed E-state index contributed by atoms with van der Waals surface area (Å²) in [5, 5.41) is 1.54. The van der Waals surface area contributed by atoms with Crippen LogP contribution in [0.5, 0.6) is 0 Å². The molecule has 0 atom stereocenters. The van der Waals surface area contributed by atoms with E-state index in [-0.39, 0.29) is 0 Å². The van der Waals surface area contributed by atoms with Crippen LogP contribution in [0.4, 0.5) is 5.82 Å². The number of halogens is 1. The van der Waals surface area contributed by atoms with Gasteiger partial charge in [0.25, 0.3) is 0 Å². The highest BCUT2D eigenvalue weighted by atomic mass is 35.5. The van der Waals surface area contributed by atoms with Gasteiger partial charge >= 0.3 is 0 Å². The van der Waals surface area contributed by atoms with Crippen LogP contribution in [-0.2, 0) is 6.42 Å². The number of fused-ring (bicyclic) bond motifs is 2. The van der Waals surface area contributed by atoms with Crippen molar-refractivity contribution >= 4 is 45.4 Å². The van der Waals surface area contributed by atoms with Crippen molar-refractivity contribution in [1.82, 2.24) is 29.8 Å². The van der Waals surface area contributed by atoms with Gasteiger partial charge in [0, 0.05) is 49.0 Å². The van der Waals surface area contributed by atoms with Crippen molar-refractivity contribution in [2.75, 3.05) is 32.1 Å². The molecule has 0 spiro atoms. The molecule has 1 aliphatic heterocycles. The van der Waals surface area contributed by atoms with Gasteiger partial charge in [-0.1, -0.05) is 18.5 Å². The van der Waals surface area contributed by atoms with E-state index in [1.54, 1.807) is 18.6 Å². The molecule has 3 aromatic rings. The average molecular weight is 440 g/mol. The number of rotatable bonds is 5. The predicted octanol–water partition coefficient (Wildman–Crippen LogP) is 3.63. The Morgan fingerprint density at radius 3 is 2.73 bits per heavy atom. The van der Waals surface area contributed by atoms with Crippen molar-refractivity contribution < 1.29 is 0 Å². The van der Waals surface area contributed by atoms with Gasteiger partial charge in [0.15, 0.2) is 10.8 Å². The summed E-state index contributed by atoms with van der Waals surface area (Å²) >= 11 is 8.25. The maximum atomic E-state index is 6.75. The zero-order valence-corrected chi connectivity index (χ0v) is 18.7. The molecule has 9 heteroatoms. The van der Waals surface area contributed by atoms with Gasteiger partial charge in [-0.2, -0.15) is 0 Å². The first-order valence-electron chi connectivity index (χ1n) is 9.98. The number of allylic oxidation sites excluding steroid dienone is 1. The molecule has 0 aromatic carbocycles. The Morgan fingerprint density at radius 1 is 1.17 bits per heavy atom. The molecule has 1 saturated heterocycles. The van der Waals surface area contributed by atoms with E-state index in [1.807, 2.05) is 6.07 Å². The summed E-state index contributed by atoms with van der Waals surface area (Å²) in [6.07, 6.45) is 6.83. The molecule has 2 aliphatic rings. The minimum absolute atomic E-state index is 0.532. The molecule has 0 saturated carbocycles. The summed E-state index contributed by atoms with van der Waals surface area (Å²) in [5.74, 6) is 0.947. The van der Waals surface area contributed by atoms with Crippen LogP contribution in [0.3, 0.4) is 0 Å². The van der Waals surface area contributed by atoms with E-state index < -0.39 is 0 Å². The van der Waals surface area contributed by atoms with Crippen LogP contribution in [0.1, 0.15) is 24.6 Å². The highest BCUT2D eigenvalue weighted by Gasteiger charge is 2.35. The Labute approximate surface area is 184 Å². The van der Waals surface area contributed by atoms with Crippen LogP contribution in [-0.4, -0.2) is 63.0 Å². The van der Waals surface area contributed by atoms with Crippen molar-refractivity contribution in [2.24, 2.45) is 0 Å². The van der Waals surface area contributed by atoms with Gasteiger partial charge in [0.05, 0.1) is 16.3 Å². The lowest BCUT2D eigenvalue weighted by atomic mass is 10.1. The first-order valence-corrected chi connectivity index (χ1v) is 11.2. The van der Waals surface area contributed by atoms with E-state index in [0.29, 0.717) is 16.8 Å². The summed E-state index contributed by atoms with van der Waals surface area (Å²) in [7, 11) is 4.23. The Bertz CT molecular complexity index is 1160. The van der Waals surface area contributed by atoms with Crippen molar-refractivity contribution in [2.45, 2.75) is 35.9 Å². The largest absolute Gasteiger partial charge is 0.353 e. The molecule has 0 radical (unpaired) electrons. The molecular formula is C21H22ClN7S. The van der Waals surface area contributed by atoms with Gasteiger partial charge in [0.1, 0.15) is 11.3 Å². The molecule has 4 heterocycles. The second-order valence-electron chi connectivity index (χ2n) is 7.79. The summed E-state index contributed by atoms with van der Waals surface area (Å²) in [4.78, 5) is 28.3. The Kier molecular flexibility index (Phi) is 5.08. The first-order chi connectivity index (χ1) is 14.5. The molecule has 0 unspecified atom stereocenters. The molecule has 1 aliphatic carbocycles. The van der Waals surface area contributed by atoms with E-state index in [4.69, 9.17) is 21.6 Å². The van der Waals surface area contributed by atoms with Crippen molar-refractivity contribution in [3.8, 4) is 0 Å². The summed E-state index contributed by atoms with van der Waals surface area (Å²) < 4.78 is 0. The maximum absolute atomic E-state index is 6.75. The van der Waals surface area contributed by atoms with Gasteiger partial charge in [-0.05, 0) is 43.9 Å². The first kappa shape index (κ1) is 19.7. The summed E-state index contributed by atoms with van der Waals surface area (Å²) in [5.41, 5.74) is 4.66. The predicted molar refractivity (Wildman–Crippen MR) is 120 cm³/mol. The fraction of sp³-hybridized carbons (Fsp3) is 0.381. The van der Waals surface area contributed by atoms with Crippen LogP contribution in [0.2, 0.25) is 0 Å². The molecular weight excluding hydrogens is 418 g/mol. The number of hydrogen-bond acceptors (Lipinski definition) is 8. The van der Waals surface area contributed by atoms with E-state index in [1.165, 1.54) is 17.3 Å². The quantitative estimate of drug-likeness (QED) is 0.558. The third-order valence-electron chi connectivity index (χ3n) is 5.68. The zero-order valence-electron chi connectivity index (χ0n) is 17.1. The summed E-state index contributed by atoms with van der Waals surface area (Å²) in [6, 6.07) is 2.51. The van der Waals surface area contributed by atoms with Gasteiger partial charge in [0.2, 0.25) is 0 Å². The molecule has 0 bridgehead atoms. The number of likely N-dealkylation sites (N-methyl/N-ethyl adjacent to an activating group) is 1. The molecule has 30 heavy (non-hydrogen) atoms. The van der Waals surface area contributed by atoms with Crippen molar-refractivity contribution in [3.05, 3.63) is 41.5 Å². The van der Waals surface area contributed by atoms with Crippen LogP contribution >= 0.6 is 23.4 Å². The lowest BCUT2D eigenvalue weighted by molar-refractivity contribution is 0.246. The monoisotopic (exact) mass is 439 g/mol. The van der Waals surface area contributed by atoms with E-state index in [9.17, 15) is 0 Å². The SMILES string of the molecule is CCC1=C(Cl)c2c(nc(Sc3cnc4nccnc4c3)nc2N2CC(N(C)C)C2)C1. The minimum atomic E-state index is 0.532. The average Bonchev–Trinajstić information content (AvgIpc) is 3.02. The zero-order chi connectivity index (χ0) is 20.8. The van der Waals surface area contributed by atoms with Gasteiger partial charge in [-0.15, -0.1) is 0 Å². The van der Waals surface area contributed by atoms with Crippen molar-refractivity contribution in [3.63, 3.8) is 0 Å². The standard InChI is InChI=1S/C21H22ClN7S/c1-4-12-7-15-17(18(12)22)20(29-10-13(11-29)28(2)3)27-21(26-15)30-14-8-16-19(25-9-14)24-6-5-23-16/h5-6,8-9,13H,4,7,10-11H2,1-3H3. The smallest absolute Gasteiger partial charge is 0.194 e. The molecule has 1 fully saturated rings. The highest BCUT2D eigenvalue weighted by Crippen LogP contribution is 2.43. The molecule has 0 amide bonds. The lowest BCUT2D eigenvalue weighted by Gasteiger charge is -2.44. The second kappa shape index (κ2) is 7.76. The number of pyridine rings is 1. The fourth-order valence-corrected chi connectivity index (χ4v) is 4.96. The molecule has 3 aromatic heterocycles. The normalized spacial score (nSPS) is 16.5. The Morgan fingerprint density at radius 2 is 1.97 bits per heavy atom. The third kappa shape index (κ3) is 3.42. The molecule has 7 nitrogen and oxygen atoms in total. The van der Waals surface area contributed by atoms with Gasteiger partial charge in [-0.25, -0.2) is 19.9 Å². The van der Waals surface area contributed by atoms with Crippen LogP contribution in [0.15, 0.2) is 40.3 Å². The molecule has 5 rings (SSSR count). The number of anilines is 1. The number of nitrogens with zero attached hydrogens (tertiary/aromatic N) is 7. The molecule has 154 valence electrons. The minimum Gasteiger partial charge on any atom is -0.353 e. The Hall–Kier alpha value is -2.29. The van der Waals surface area contributed by atoms with E-state index >= 15 is 0 Å². The van der Waals surface area contributed by atoms with Crippen LogP contribution in [0.25, 0.3) is 16.2 Å². The van der Waals surface area contributed by atoms with Gasteiger partial charge < -0.3 is 9.80 Å². The summed E-state index contributed by atoms with van der Waals surface area (Å²) in [6.45, 7) is 4.03. The van der Waals surface area contributed by atoms with Crippen LogP contribution < -0.4 is 4.90 Å². The maximum Gasteiger partial charge on any atom is 0.194 e. The highest BCUT2D eigenvalue weighted by molar-refractivity contribution is 7.99. The topological polar surface area (TPSA) is 70.9 Å².